The molecule has 3 nitrogen and oxygen atoms in total. The van der Waals surface area contributed by atoms with Gasteiger partial charge >= 0.3 is 0 Å². The molecular weight excluding hydrogens is 254 g/mol. The molecule has 0 fully saturated rings. The number of rotatable bonds is 6. The highest BCUT2D eigenvalue weighted by Gasteiger charge is 2.12. The van der Waals surface area contributed by atoms with Crippen LogP contribution in [0.2, 0.25) is 0 Å². The Bertz CT molecular complexity index is 504. The van der Waals surface area contributed by atoms with Gasteiger partial charge in [0.05, 0.1) is 6.04 Å². The number of benzene rings is 1. The van der Waals surface area contributed by atoms with E-state index in [4.69, 9.17) is 0 Å². The summed E-state index contributed by atoms with van der Waals surface area (Å²) in [5, 5.41) is 14.1. The summed E-state index contributed by atoms with van der Waals surface area (Å²) in [5.74, 6) is 0. The third-order valence-corrected chi connectivity index (χ3v) is 4.28. The van der Waals surface area contributed by atoms with E-state index in [0.717, 1.165) is 35.0 Å². The van der Waals surface area contributed by atoms with Gasteiger partial charge in [-0.15, -0.1) is 10.2 Å². The molecule has 0 amide bonds. The van der Waals surface area contributed by atoms with Gasteiger partial charge in [0.2, 0.25) is 0 Å². The fourth-order valence-corrected chi connectivity index (χ4v) is 2.73. The molecular formula is C15H21N3S. The summed E-state index contributed by atoms with van der Waals surface area (Å²) in [7, 11) is 0. The van der Waals surface area contributed by atoms with Crippen LogP contribution in [0, 0.1) is 0 Å². The van der Waals surface area contributed by atoms with Crippen LogP contribution in [0.25, 0.3) is 10.6 Å². The summed E-state index contributed by atoms with van der Waals surface area (Å²) < 4.78 is 0. The molecule has 2 rings (SSSR count). The number of nitrogens with one attached hydrogen (secondary N) is 1. The average Bonchev–Trinajstić information content (AvgIpc) is 2.94. The fraction of sp³-hybridized carbons (Fsp3) is 0.467. The van der Waals surface area contributed by atoms with Gasteiger partial charge < -0.3 is 5.32 Å². The maximum absolute atomic E-state index is 4.30. The maximum atomic E-state index is 4.30. The van der Waals surface area contributed by atoms with Crippen LogP contribution < -0.4 is 5.32 Å². The lowest BCUT2D eigenvalue weighted by atomic mass is 10.1. The van der Waals surface area contributed by atoms with E-state index < -0.39 is 0 Å². The number of hydrogen-bond acceptors (Lipinski definition) is 4. The molecule has 0 saturated carbocycles. The minimum atomic E-state index is 0.279. The highest BCUT2D eigenvalue weighted by atomic mass is 32.1. The quantitative estimate of drug-likeness (QED) is 0.870. The molecule has 0 aliphatic rings. The Hall–Kier alpha value is -1.26. The third kappa shape index (κ3) is 3.61. The number of hydrogen-bond donors (Lipinski definition) is 1. The largest absolute Gasteiger partial charge is 0.308 e. The first-order valence-corrected chi connectivity index (χ1v) is 7.72. The van der Waals surface area contributed by atoms with Crippen molar-refractivity contribution in [3.8, 4) is 10.6 Å². The molecule has 0 radical (unpaired) electrons. The van der Waals surface area contributed by atoms with E-state index in [9.17, 15) is 0 Å². The molecule has 0 saturated heterocycles. The predicted molar refractivity (Wildman–Crippen MR) is 81.4 cm³/mol. The lowest BCUT2D eigenvalue weighted by Crippen LogP contribution is -2.18. The van der Waals surface area contributed by atoms with Gasteiger partial charge in [-0.05, 0) is 31.9 Å². The lowest BCUT2D eigenvalue weighted by molar-refractivity contribution is 0.564. The summed E-state index contributed by atoms with van der Waals surface area (Å²) in [4.78, 5) is 0. The first kappa shape index (κ1) is 14.2. The van der Waals surface area contributed by atoms with Crippen molar-refractivity contribution in [3.05, 3.63) is 34.8 Å². The molecule has 19 heavy (non-hydrogen) atoms. The summed E-state index contributed by atoms with van der Waals surface area (Å²) in [6.45, 7) is 7.49. The second kappa shape index (κ2) is 6.78. The van der Waals surface area contributed by atoms with E-state index in [2.05, 4.69) is 60.6 Å². The molecule has 4 heteroatoms. The first-order valence-electron chi connectivity index (χ1n) is 6.90. The molecule has 2 aromatic rings. The van der Waals surface area contributed by atoms with Crippen molar-refractivity contribution in [1.82, 2.24) is 15.5 Å². The Kier molecular flexibility index (Phi) is 5.05. The molecule has 102 valence electrons. The Labute approximate surface area is 119 Å². The van der Waals surface area contributed by atoms with E-state index in [1.165, 1.54) is 5.56 Å². The van der Waals surface area contributed by atoms with Crippen LogP contribution in [0.3, 0.4) is 0 Å². The Morgan fingerprint density at radius 3 is 2.53 bits per heavy atom. The molecule has 0 aliphatic heterocycles. The Balaban J connectivity index is 2.11. The topological polar surface area (TPSA) is 37.8 Å². The highest BCUT2D eigenvalue weighted by Crippen LogP contribution is 2.26. The molecule has 1 aromatic heterocycles. The molecule has 1 aromatic carbocycles. The van der Waals surface area contributed by atoms with Gasteiger partial charge in [0.25, 0.3) is 0 Å². The smallest absolute Gasteiger partial charge is 0.147 e. The van der Waals surface area contributed by atoms with E-state index in [-0.39, 0.29) is 6.04 Å². The van der Waals surface area contributed by atoms with Crippen LogP contribution in [0.5, 0.6) is 0 Å². The maximum Gasteiger partial charge on any atom is 0.147 e. The number of aromatic nitrogens is 2. The molecule has 0 bridgehead atoms. The van der Waals surface area contributed by atoms with Crippen molar-refractivity contribution in [1.29, 1.82) is 0 Å². The molecule has 1 atom stereocenters. The predicted octanol–water partition coefficient (Wildman–Crippen LogP) is 3.83. The van der Waals surface area contributed by atoms with Crippen molar-refractivity contribution >= 4 is 11.3 Å². The third-order valence-electron chi connectivity index (χ3n) is 3.12. The van der Waals surface area contributed by atoms with Crippen molar-refractivity contribution in [2.75, 3.05) is 6.54 Å². The van der Waals surface area contributed by atoms with Crippen LogP contribution in [0.15, 0.2) is 24.3 Å². The van der Waals surface area contributed by atoms with Crippen LogP contribution in [0.1, 0.15) is 43.8 Å². The van der Waals surface area contributed by atoms with Gasteiger partial charge in [0.1, 0.15) is 10.0 Å². The van der Waals surface area contributed by atoms with Gasteiger partial charge in [-0.1, -0.05) is 49.4 Å². The highest BCUT2D eigenvalue weighted by molar-refractivity contribution is 7.14. The normalized spacial score (nSPS) is 12.6. The number of aryl methyl sites for hydroxylation is 1. The first-order chi connectivity index (χ1) is 9.24. The van der Waals surface area contributed by atoms with Gasteiger partial charge in [0.15, 0.2) is 0 Å². The van der Waals surface area contributed by atoms with Gasteiger partial charge in [-0.3, -0.25) is 0 Å². The summed E-state index contributed by atoms with van der Waals surface area (Å²) in [5.41, 5.74) is 2.51. The van der Waals surface area contributed by atoms with Crippen molar-refractivity contribution < 1.29 is 0 Å². The van der Waals surface area contributed by atoms with Crippen molar-refractivity contribution in [2.24, 2.45) is 0 Å². The minimum Gasteiger partial charge on any atom is -0.308 e. The van der Waals surface area contributed by atoms with Crippen LogP contribution in [-0.2, 0) is 6.42 Å². The lowest BCUT2D eigenvalue weighted by Gasteiger charge is -2.08. The van der Waals surface area contributed by atoms with Gasteiger partial charge in [0, 0.05) is 5.56 Å². The second-order valence-corrected chi connectivity index (χ2v) is 5.68. The van der Waals surface area contributed by atoms with Gasteiger partial charge in [-0.25, -0.2) is 0 Å². The van der Waals surface area contributed by atoms with Crippen molar-refractivity contribution in [3.63, 3.8) is 0 Å². The van der Waals surface area contributed by atoms with E-state index >= 15 is 0 Å². The molecule has 1 heterocycles. The average molecular weight is 275 g/mol. The summed E-state index contributed by atoms with van der Waals surface area (Å²) in [6.07, 6.45) is 2.20. The van der Waals surface area contributed by atoms with Crippen LogP contribution in [0.4, 0.5) is 0 Å². The Morgan fingerprint density at radius 1 is 1.16 bits per heavy atom. The molecule has 0 spiro atoms. The zero-order valence-corrected chi connectivity index (χ0v) is 12.6. The zero-order valence-electron chi connectivity index (χ0n) is 11.8. The van der Waals surface area contributed by atoms with Crippen LogP contribution >= 0.6 is 11.3 Å². The van der Waals surface area contributed by atoms with Crippen molar-refractivity contribution in [2.45, 2.75) is 39.7 Å². The molecule has 0 aliphatic carbocycles. The zero-order chi connectivity index (χ0) is 13.7. The van der Waals surface area contributed by atoms with E-state index in [0.29, 0.717) is 0 Å². The Morgan fingerprint density at radius 2 is 1.89 bits per heavy atom. The summed E-state index contributed by atoms with van der Waals surface area (Å²) >= 11 is 1.67. The van der Waals surface area contributed by atoms with E-state index in [1.807, 2.05) is 0 Å². The fourth-order valence-electron chi connectivity index (χ4n) is 1.86. The molecule has 1 N–H and O–H groups in total. The minimum absolute atomic E-state index is 0.279. The summed E-state index contributed by atoms with van der Waals surface area (Å²) in [6, 6.07) is 8.87. The SMILES string of the molecule is CCCNC(C)c1nnc(-c2ccc(CC)cc2)s1. The van der Waals surface area contributed by atoms with Crippen LogP contribution in [-0.4, -0.2) is 16.7 Å². The van der Waals surface area contributed by atoms with E-state index in [1.54, 1.807) is 11.3 Å². The number of nitrogens with zero attached hydrogens (tertiary/aromatic N) is 2. The second-order valence-electron chi connectivity index (χ2n) is 4.67. The standard InChI is InChI=1S/C15H21N3S/c1-4-10-16-11(3)14-17-18-15(19-14)13-8-6-12(5-2)7-9-13/h6-9,11,16H,4-5,10H2,1-3H3. The van der Waals surface area contributed by atoms with Gasteiger partial charge in [-0.2, -0.15) is 0 Å². The molecule has 1 unspecified atom stereocenters. The monoisotopic (exact) mass is 275 g/mol.